The lowest BCUT2D eigenvalue weighted by Crippen LogP contribution is -2.37. The molecule has 0 saturated carbocycles. The van der Waals surface area contributed by atoms with Gasteiger partial charge in [-0.25, -0.2) is 9.18 Å². The smallest absolute Gasteiger partial charge is 0.318 e. The van der Waals surface area contributed by atoms with Gasteiger partial charge in [0.05, 0.1) is 12.2 Å². The van der Waals surface area contributed by atoms with Gasteiger partial charge in [0.2, 0.25) is 0 Å². The summed E-state index contributed by atoms with van der Waals surface area (Å²) in [6.45, 7) is 0.0875. The number of halogens is 1. The van der Waals surface area contributed by atoms with Crippen molar-refractivity contribution in [2.75, 3.05) is 5.32 Å². The first-order valence-corrected chi connectivity index (χ1v) is 7.48. The first-order chi connectivity index (χ1) is 12.0. The normalized spacial score (nSPS) is 10.4. The van der Waals surface area contributed by atoms with Gasteiger partial charge in [-0.15, -0.1) is 0 Å². The molecule has 0 aliphatic rings. The van der Waals surface area contributed by atoms with Crippen molar-refractivity contribution in [3.63, 3.8) is 0 Å². The van der Waals surface area contributed by atoms with Gasteiger partial charge in [0.1, 0.15) is 11.5 Å². The molecule has 3 rings (SSSR count). The number of carbonyl (C=O) groups is 1. The summed E-state index contributed by atoms with van der Waals surface area (Å²) in [6, 6.07) is 15.6. The summed E-state index contributed by atoms with van der Waals surface area (Å²) in [5, 5.41) is 2.32. The van der Waals surface area contributed by atoms with Crippen LogP contribution in [0, 0.1) is 5.82 Å². The summed E-state index contributed by atoms with van der Waals surface area (Å²) in [5.74, 6) is -1.39. The van der Waals surface area contributed by atoms with E-state index in [1.165, 1.54) is 18.2 Å². The Morgan fingerprint density at radius 3 is 2.40 bits per heavy atom. The van der Waals surface area contributed by atoms with Crippen LogP contribution in [0.4, 0.5) is 10.1 Å². The molecule has 2 N–H and O–H groups in total. The molecule has 0 spiro atoms. The van der Waals surface area contributed by atoms with Crippen molar-refractivity contribution >= 4 is 11.6 Å². The van der Waals surface area contributed by atoms with E-state index in [2.05, 4.69) is 10.3 Å². The monoisotopic (exact) mass is 339 g/mol. The number of para-hydroxylation sites is 1. The number of aromatic amines is 1. The summed E-state index contributed by atoms with van der Waals surface area (Å²) >= 11 is 0. The maximum atomic E-state index is 13.6. The number of anilines is 1. The number of benzene rings is 2. The van der Waals surface area contributed by atoms with Crippen LogP contribution in [0.2, 0.25) is 0 Å². The number of hydrogen-bond acceptors (Lipinski definition) is 3. The third-order valence-corrected chi connectivity index (χ3v) is 3.57. The van der Waals surface area contributed by atoms with E-state index in [0.29, 0.717) is 0 Å². The highest BCUT2D eigenvalue weighted by Crippen LogP contribution is 2.12. The number of carbonyl (C=O) groups excluding carboxylic acids is 1. The average molecular weight is 339 g/mol. The maximum absolute atomic E-state index is 13.6. The molecule has 0 bridgehead atoms. The third-order valence-electron chi connectivity index (χ3n) is 3.57. The van der Waals surface area contributed by atoms with E-state index in [0.717, 1.165) is 16.2 Å². The molecule has 3 aromatic rings. The second-order valence-electron chi connectivity index (χ2n) is 5.33. The number of rotatable bonds is 4. The minimum atomic E-state index is -0.772. The minimum Gasteiger partial charge on any atom is -0.318 e. The van der Waals surface area contributed by atoms with Gasteiger partial charge in [-0.05, 0) is 17.7 Å². The molecule has 0 fully saturated rings. The van der Waals surface area contributed by atoms with Crippen molar-refractivity contribution in [2.24, 2.45) is 0 Å². The van der Waals surface area contributed by atoms with Crippen molar-refractivity contribution in [1.29, 1.82) is 0 Å². The lowest BCUT2D eigenvalue weighted by molar-refractivity contribution is 0.102. The Hall–Kier alpha value is -3.48. The van der Waals surface area contributed by atoms with E-state index in [-0.39, 0.29) is 17.9 Å². The Balaban J connectivity index is 1.87. The predicted molar refractivity (Wildman–Crippen MR) is 91.2 cm³/mol. The predicted octanol–water partition coefficient (Wildman–Crippen LogP) is 1.98. The molecule has 2 aromatic carbocycles. The van der Waals surface area contributed by atoms with Crippen LogP contribution in [0.5, 0.6) is 0 Å². The lowest BCUT2D eigenvalue weighted by atomic mass is 10.2. The van der Waals surface area contributed by atoms with Crippen LogP contribution < -0.4 is 16.6 Å². The first kappa shape index (κ1) is 16.4. The molecule has 7 heteroatoms. The van der Waals surface area contributed by atoms with Gasteiger partial charge < -0.3 is 10.3 Å². The number of nitrogens with one attached hydrogen (secondary N) is 2. The van der Waals surface area contributed by atoms with Crippen molar-refractivity contribution in [1.82, 2.24) is 9.55 Å². The zero-order chi connectivity index (χ0) is 17.8. The van der Waals surface area contributed by atoms with E-state index < -0.39 is 23.0 Å². The summed E-state index contributed by atoms with van der Waals surface area (Å²) in [4.78, 5) is 38.8. The third kappa shape index (κ3) is 3.72. The van der Waals surface area contributed by atoms with Gasteiger partial charge in [0, 0.05) is 6.07 Å². The van der Waals surface area contributed by atoms with Crippen LogP contribution in [-0.2, 0) is 6.54 Å². The molecule has 126 valence electrons. The molecule has 25 heavy (non-hydrogen) atoms. The molecule has 0 aliphatic carbocycles. The minimum absolute atomic E-state index is 0.0400. The molecule has 6 nitrogen and oxygen atoms in total. The fourth-order valence-electron chi connectivity index (χ4n) is 2.31. The van der Waals surface area contributed by atoms with Crippen molar-refractivity contribution in [2.45, 2.75) is 6.54 Å². The van der Waals surface area contributed by atoms with Gasteiger partial charge in [-0.2, -0.15) is 0 Å². The molecule has 0 aliphatic heterocycles. The van der Waals surface area contributed by atoms with E-state index in [4.69, 9.17) is 0 Å². The second kappa shape index (κ2) is 6.96. The van der Waals surface area contributed by atoms with Crippen molar-refractivity contribution in [3.05, 3.63) is 98.6 Å². The Morgan fingerprint density at radius 1 is 1.04 bits per heavy atom. The fraction of sp³-hybridized carbons (Fsp3) is 0.0556. The Labute approximate surface area is 141 Å². The lowest BCUT2D eigenvalue weighted by Gasteiger charge is -2.08. The topological polar surface area (TPSA) is 84.0 Å². The van der Waals surface area contributed by atoms with Gasteiger partial charge in [-0.3, -0.25) is 14.2 Å². The quantitative estimate of drug-likeness (QED) is 0.762. The molecule has 1 aromatic heterocycles. The van der Waals surface area contributed by atoms with Crippen molar-refractivity contribution < 1.29 is 9.18 Å². The summed E-state index contributed by atoms with van der Waals surface area (Å²) in [6.07, 6.45) is 0. The Bertz CT molecular complexity index is 994. The molecule has 1 heterocycles. The van der Waals surface area contributed by atoms with E-state index >= 15 is 0 Å². The van der Waals surface area contributed by atoms with E-state index in [9.17, 15) is 18.8 Å². The fourth-order valence-corrected chi connectivity index (χ4v) is 2.31. The zero-order valence-corrected chi connectivity index (χ0v) is 13.0. The van der Waals surface area contributed by atoms with Crippen LogP contribution in [-0.4, -0.2) is 15.5 Å². The van der Waals surface area contributed by atoms with E-state index in [1.54, 1.807) is 30.3 Å². The first-order valence-electron chi connectivity index (χ1n) is 7.48. The van der Waals surface area contributed by atoms with Gasteiger partial charge in [0.25, 0.3) is 11.5 Å². The maximum Gasteiger partial charge on any atom is 0.329 e. The van der Waals surface area contributed by atoms with Gasteiger partial charge in [0.15, 0.2) is 0 Å². The van der Waals surface area contributed by atoms with Crippen LogP contribution in [0.15, 0.2) is 70.3 Å². The highest BCUT2D eigenvalue weighted by molar-refractivity contribution is 6.02. The summed E-state index contributed by atoms with van der Waals surface area (Å²) in [7, 11) is 0. The Kier molecular flexibility index (Phi) is 4.56. The van der Waals surface area contributed by atoms with Gasteiger partial charge >= 0.3 is 5.69 Å². The second-order valence-corrected chi connectivity index (χ2v) is 5.33. The SMILES string of the molecule is O=C(Nc1ccccc1F)c1cc(=O)n(Cc2ccccc2)c(=O)[nH]1. The largest absolute Gasteiger partial charge is 0.329 e. The van der Waals surface area contributed by atoms with Crippen molar-refractivity contribution in [3.8, 4) is 0 Å². The molecular weight excluding hydrogens is 325 g/mol. The molecule has 1 amide bonds. The summed E-state index contributed by atoms with van der Waals surface area (Å²) in [5.41, 5.74) is -0.829. The van der Waals surface area contributed by atoms with Crippen LogP contribution >= 0.6 is 0 Å². The molecule has 0 radical (unpaired) electrons. The number of H-pyrrole nitrogens is 1. The molecule has 0 unspecified atom stereocenters. The zero-order valence-electron chi connectivity index (χ0n) is 13.0. The van der Waals surface area contributed by atoms with E-state index in [1.807, 2.05) is 6.07 Å². The van der Waals surface area contributed by atoms with Crippen LogP contribution in [0.25, 0.3) is 0 Å². The standard InChI is InChI=1S/C18H14FN3O3/c19-13-8-4-5-9-14(13)20-17(24)15-10-16(23)22(18(25)21-15)11-12-6-2-1-3-7-12/h1-10H,11H2,(H,20,24)(H,21,25). The highest BCUT2D eigenvalue weighted by atomic mass is 19.1. The summed E-state index contributed by atoms with van der Waals surface area (Å²) < 4.78 is 14.6. The number of aromatic nitrogens is 2. The number of hydrogen-bond donors (Lipinski definition) is 2. The number of nitrogens with zero attached hydrogens (tertiary/aromatic N) is 1. The van der Waals surface area contributed by atoms with Gasteiger partial charge in [-0.1, -0.05) is 42.5 Å². The molecule has 0 atom stereocenters. The number of amides is 1. The van der Waals surface area contributed by atoms with Crippen LogP contribution in [0.1, 0.15) is 16.1 Å². The average Bonchev–Trinajstić information content (AvgIpc) is 2.61. The molecular formula is C18H14FN3O3. The molecule has 0 saturated heterocycles. The van der Waals surface area contributed by atoms with Crippen LogP contribution in [0.3, 0.4) is 0 Å². The highest BCUT2D eigenvalue weighted by Gasteiger charge is 2.13. The Morgan fingerprint density at radius 2 is 1.72 bits per heavy atom.